The molecule has 0 aromatic carbocycles. The zero-order chi connectivity index (χ0) is 15.9. The number of rotatable bonds is 4. The number of hydrogen-bond acceptors (Lipinski definition) is 3. The van der Waals surface area contributed by atoms with Crippen LogP contribution >= 0.6 is 0 Å². The van der Waals surface area contributed by atoms with Gasteiger partial charge in [-0.2, -0.15) is 0 Å². The largest absolute Gasteiger partial charge is 0.417 e. The van der Waals surface area contributed by atoms with E-state index in [0.717, 1.165) is 38.7 Å². The van der Waals surface area contributed by atoms with Crippen molar-refractivity contribution in [2.75, 3.05) is 6.61 Å². The zero-order valence-electron chi connectivity index (χ0n) is 14.1. The molecule has 2 rings (SSSR count). The molecule has 0 aromatic rings. The van der Waals surface area contributed by atoms with E-state index in [1.165, 1.54) is 5.57 Å². The van der Waals surface area contributed by atoms with Crippen LogP contribution in [-0.4, -0.2) is 33.8 Å². The lowest BCUT2D eigenvalue weighted by molar-refractivity contribution is 0.289. The quantitative estimate of drug-likeness (QED) is 0.576. The van der Waals surface area contributed by atoms with Gasteiger partial charge in [-0.15, -0.1) is 0 Å². The molecule has 0 saturated carbocycles. The third-order valence-corrected chi connectivity index (χ3v) is 12.6. The lowest BCUT2D eigenvalue weighted by atomic mass is 9.96. The molecule has 0 radical (unpaired) electrons. The minimum Gasteiger partial charge on any atom is -0.417 e. The van der Waals surface area contributed by atoms with Crippen LogP contribution in [0.1, 0.15) is 52.9 Å². The molecular formula is C16H30O3SSi. The van der Waals surface area contributed by atoms with Gasteiger partial charge in [-0.1, -0.05) is 38.8 Å². The molecule has 2 aliphatic heterocycles. The Morgan fingerprint density at radius 1 is 1.29 bits per heavy atom. The fourth-order valence-electron chi connectivity index (χ4n) is 2.98. The topological polar surface area (TPSA) is 43.4 Å². The van der Waals surface area contributed by atoms with Gasteiger partial charge in [-0.05, 0) is 43.8 Å². The second kappa shape index (κ2) is 5.82. The van der Waals surface area contributed by atoms with Crippen LogP contribution in [0.5, 0.6) is 0 Å². The summed E-state index contributed by atoms with van der Waals surface area (Å²) in [5, 5.41) is -0.106. The smallest absolute Gasteiger partial charge is 0.191 e. The Bertz CT molecular complexity index is 514. The van der Waals surface area contributed by atoms with Gasteiger partial charge < -0.3 is 4.43 Å². The first-order valence-corrected chi connectivity index (χ1v) is 12.6. The molecule has 2 heterocycles. The maximum atomic E-state index is 12.2. The third kappa shape index (κ3) is 3.62. The van der Waals surface area contributed by atoms with Gasteiger partial charge in [0.1, 0.15) is 0 Å². The van der Waals surface area contributed by atoms with Gasteiger partial charge in [0.05, 0.1) is 10.5 Å². The van der Waals surface area contributed by atoms with E-state index in [9.17, 15) is 8.42 Å². The summed E-state index contributed by atoms with van der Waals surface area (Å²) in [7, 11) is -4.58. The minimum absolute atomic E-state index is 0.121. The van der Waals surface area contributed by atoms with Crippen LogP contribution in [0.25, 0.3) is 0 Å². The molecule has 2 bridgehead atoms. The van der Waals surface area contributed by atoms with Crippen molar-refractivity contribution in [3.63, 3.8) is 0 Å². The number of sulfone groups is 1. The van der Waals surface area contributed by atoms with Gasteiger partial charge in [-0.3, -0.25) is 0 Å². The van der Waals surface area contributed by atoms with E-state index in [-0.39, 0.29) is 15.5 Å². The van der Waals surface area contributed by atoms with Gasteiger partial charge in [0, 0.05) is 6.61 Å². The van der Waals surface area contributed by atoms with E-state index < -0.39 is 18.2 Å². The van der Waals surface area contributed by atoms with E-state index in [2.05, 4.69) is 33.9 Å². The van der Waals surface area contributed by atoms with Crippen molar-refractivity contribution >= 4 is 18.2 Å². The van der Waals surface area contributed by atoms with Gasteiger partial charge in [0.15, 0.2) is 18.2 Å². The SMILES string of the molecule is CC(C)(C)[Si](C)(C)OCCC1=CC2CCCC(C1)S2(=O)=O. The van der Waals surface area contributed by atoms with Crippen LogP contribution in [0, 0.1) is 0 Å². The minimum atomic E-state index is -2.88. The molecule has 2 aliphatic rings. The van der Waals surface area contributed by atoms with E-state index in [1.54, 1.807) is 0 Å². The van der Waals surface area contributed by atoms with Crippen molar-refractivity contribution in [1.82, 2.24) is 0 Å². The van der Waals surface area contributed by atoms with Crippen molar-refractivity contribution < 1.29 is 12.8 Å². The Labute approximate surface area is 131 Å². The lowest BCUT2D eigenvalue weighted by Crippen LogP contribution is -2.41. The molecule has 0 spiro atoms. The molecule has 0 N–H and O–H groups in total. The molecule has 0 amide bonds. The van der Waals surface area contributed by atoms with E-state index in [1.807, 2.05) is 6.08 Å². The summed E-state index contributed by atoms with van der Waals surface area (Å²) in [5.41, 5.74) is 1.30. The predicted octanol–water partition coefficient (Wildman–Crippen LogP) is 4.06. The monoisotopic (exact) mass is 330 g/mol. The second-order valence-electron chi connectivity index (χ2n) is 8.07. The summed E-state index contributed by atoms with van der Waals surface area (Å²) in [5.74, 6) is 0. The number of fused-ring (bicyclic) bond motifs is 2. The van der Waals surface area contributed by atoms with Gasteiger partial charge >= 0.3 is 0 Å². The molecule has 1 saturated heterocycles. The van der Waals surface area contributed by atoms with Crippen molar-refractivity contribution in [3.05, 3.63) is 11.6 Å². The van der Waals surface area contributed by atoms with Crippen LogP contribution in [-0.2, 0) is 14.3 Å². The molecule has 21 heavy (non-hydrogen) atoms. The van der Waals surface area contributed by atoms with E-state index in [4.69, 9.17) is 4.43 Å². The summed E-state index contributed by atoms with van der Waals surface area (Å²) in [4.78, 5) is 0. The first kappa shape index (κ1) is 17.2. The standard InChI is InChI=1S/C16H30O3SSi/c1-16(2,3)21(4,5)19-10-9-13-11-14-7-6-8-15(12-13)20(14,17)18/h11,14-15H,6-10,12H2,1-5H3. The molecular weight excluding hydrogens is 300 g/mol. The summed E-state index contributed by atoms with van der Waals surface area (Å²) >= 11 is 0. The normalized spacial score (nSPS) is 29.1. The molecule has 3 nitrogen and oxygen atoms in total. The average molecular weight is 331 g/mol. The highest BCUT2D eigenvalue weighted by molar-refractivity contribution is 7.92. The summed E-state index contributed by atoms with van der Waals surface area (Å²) in [6, 6.07) is 0. The highest BCUT2D eigenvalue weighted by atomic mass is 32.2. The Morgan fingerprint density at radius 2 is 1.95 bits per heavy atom. The Balaban J connectivity index is 1.95. The van der Waals surface area contributed by atoms with E-state index >= 15 is 0 Å². The summed E-state index contributed by atoms with van der Waals surface area (Å²) < 4.78 is 30.7. The maximum Gasteiger partial charge on any atom is 0.191 e. The van der Waals surface area contributed by atoms with Crippen molar-refractivity contribution in [2.45, 2.75) is 81.5 Å². The highest BCUT2D eigenvalue weighted by Crippen LogP contribution is 2.38. The molecule has 122 valence electrons. The van der Waals surface area contributed by atoms with E-state index in [0.29, 0.717) is 0 Å². The zero-order valence-corrected chi connectivity index (χ0v) is 15.9. The maximum absolute atomic E-state index is 12.2. The molecule has 0 aromatic heterocycles. The van der Waals surface area contributed by atoms with Crippen LogP contribution in [0.2, 0.25) is 18.1 Å². The lowest BCUT2D eigenvalue weighted by Gasteiger charge is -2.37. The van der Waals surface area contributed by atoms with Gasteiger partial charge in [-0.25, -0.2) is 8.42 Å². The van der Waals surface area contributed by atoms with Crippen molar-refractivity contribution in [3.8, 4) is 0 Å². The van der Waals surface area contributed by atoms with Crippen LogP contribution in [0.4, 0.5) is 0 Å². The summed E-state index contributed by atoms with van der Waals surface area (Å²) in [6.07, 6.45) is 6.37. The Morgan fingerprint density at radius 3 is 2.52 bits per heavy atom. The molecule has 5 heteroatoms. The van der Waals surface area contributed by atoms with Gasteiger partial charge in [0.25, 0.3) is 0 Å². The van der Waals surface area contributed by atoms with Crippen LogP contribution < -0.4 is 0 Å². The highest BCUT2D eigenvalue weighted by Gasteiger charge is 2.40. The predicted molar refractivity (Wildman–Crippen MR) is 90.8 cm³/mol. The first-order valence-electron chi connectivity index (χ1n) is 8.10. The van der Waals surface area contributed by atoms with Crippen molar-refractivity contribution in [1.29, 1.82) is 0 Å². The van der Waals surface area contributed by atoms with Crippen LogP contribution in [0.15, 0.2) is 11.6 Å². The Kier molecular flexibility index (Phi) is 4.77. The first-order chi connectivity index (χ1) is 9.54. The fraction of sp³-hybridized carbons (Fsp3) is 0.875. The molecule has 2 atom stereocenters. The second-order valence-corrected chi connectivity index (χ2v) is 15.3. The fourth-order valence-corrected chi connectivity index (χ4v) is 6.34. The van der Waals surface area contributed by atoms with Crippen LogP contribution in [0.3, 0.4) is 0 Å². The third-order valence-electron chi connectivity index (χ3n) is 5.51. The average Bonchev–Trinajstić information content (AvgIpc) is 2.27. The molecule has 1 fully saturated rings. The molecule has 0 aliphatic carbocycles. The van der Waals surface area contributed by atoms with Crippen molar-refractivity contribution in [2.24, 2.45) is 0 Å². The van der Waals surface area contributed by atoms with Gasteiger partial charge in [0.2, 0.25) is 0 Å². The molecule has 2 unspecified atom stereocenters. The number of hydrogen-bond donors (Lipinski definition) is 0. The summed E-state index contributed by atoms with van der Waals surface area (Å²) in [6.45, 7) is 12.0. The Hall–Kier alpha value is -0.133.